The molecule has 0 saturated heterocycles. The summed E-state index contributed by atoms with van der Waals surface area (Å²) in [6, 6.07) is 12.9. The SMILES string of the molecule is CCCCC(C)c1cc(C(=O)C(O)=Cc2cc(CC)ccc2C(C)CCCC)cc(C(C)CCCC)c1. The molecule has 0 spiro atoms. The molecule has 0 aliphatic heterocycles. The van der Waals surface area contributed by atoms with E-state index in [1.54, 1.807) is 6.08 Å². The number of aliphatic hydroxyl groups is 1. The van der Waals surface area contributed by atoms with Gasteiger partial charge in [0.2, 0.25) is 5.78 Å². The molecule has 204 valence electrons. The Hall–Kier alpha value is -2.35. The zero-order chi connectivity index (χ0) is 27.4. The molecule has 3 unspecified atom stereocenters. The Morgan fingerprint density at radius 3 is 1.76 bits per heavy atom. The lowest BCUT2D eigenvalue weighted by Crippen LogP contribution is -2.08. The summed E-state index contributed by atoms with van der Waals surface area (Å²) < 4.78 is 0. The van der Waals surface area contributed by atoms with E-state index >= 15 is 0 Å². The second-order valence-electron chi connectivity index (χ2n) is 11.2. The Morgan fingerprint density at radius 2 is 1.27 bits per heavy atom. The molecule has 3 atom stereocenters. The van der Waals surface area contributed by atoms with Crippen LogP contribution in [0.4, 0.5) is 0 Å². The first kappa shape index (κ1) is 30.9. The van der Waals surface area contributed by atoms with Gasteiger partial charge in [-0.05, 0) is 89.5 Å². The average Bonchev–Trinajstić information content (AvgIpc) is 2.92. The van der Waals surface area contributed by atoms with Crippen LogP contribution in [0.25, 0.3) is 6.08 Å². The van der Waals surface area contributed by atoms with Gasteiger partial charge in [0.15, 0.2) is 5.76 Å². The van der Waals surface area contributed by atoms with Gasteiger partial charge in [-0.3, -0.25) is 4.79 Å². The summed E-state index contributed by atoms with van der Waals surface area (Å²) in [5.74, 6) is 0.727. The molecule has 0 radical (unpaired) electrons. The summed E-state index contributed by atoms with van der Waals surface area (Å²) in [4.78, 5) is 13.6. The van der Waals surface area contributed by atoms with E-state index in [0.717, 1.165) is 31.2 Å². The molecule has 0 aliphatic rings. The summed E-state index contributed by atoms with van der Waals surface area (Å²) in [5, 5.41) is 11.1. The van der Waals surface area contributed by atoms with Gasteiger partial charge in [0.05, 0.1) is 0 Å². The van der Waals surface area contributed by atoms with E-state index in [9.17, 15) is 9.90 Å². The lowest BCUT2D eigenvalue weighted by molar-refractivity contribution is 0.0980. The predicted octanol–water partition coefficient (Wildman–Crippen LogP) is 10.9. The van der Waals surface area contributed by atoms with Crippen molar-refractivity contribution < 1.29 is 9.90 Å². The molecule has 0 aromatic heterocycles. The highest BCUT2D eigenvalue weighted by molar-refractivity contribution is 6.09. The van der Waals surface area contributed by atoms with Gasteiger partial charge in [-0.15, -0.1) is 0 Å². The van der Waals surface area contributed by atoms with Crippen molar-refractivity contribution in [2.24, 2.45) is 0 Å². The highest BCUT2D eigenvalue weighted by Gasteiger charge is 2.19. The topological polar surface area (TPSA) is 37.3 Å². The fourth-order valence-electron chi connectivity index (χ4n) is 5.18. The van der Waals surface area contributed by atoms with Crippen LogP contribution in [-0.4, -0.2) is 10.9 Å². The molecular formula is C35H52O2. The summed E-state index contributed by atoms with van der Waals surface area (Å²) in [7, 11) is 0. The summed E-state index contributed by atoms with van der Waals surface area (Å²) in [5.41, 5.74) is 6.44. The second-order valence-corrected chi connectivity index (χ2v) is 11.2. The van der Waals surface area contributed by atoms with Crippen LogP contribution in [0.3, 0.4) is 0 Å². The summed E-state index contributed by atoms with van der Waals surface area (Å²) in [6.45, 7) is 15.6. The van der Waals surface area contributed by atoms with Gasteiger partial charge in [0, 0.05) is 5.56 Å². The van der Waals surface area contributed by atoms with Crippen LogP contribution in [0.1, 0.15) is 162 Å². The molecule has 2 rings (SSSR count). The van der Waals surface area contributed by atoms with Crippen LogP contribution in [0.5, 0.6) is 0 Å². The third-order valence-electron chi connectivity index (χ3n) is 7.97. The number of Topliss-reactive ketones (excluding diaryl/α,β-unsaturated/α-hetero) is 1. The monoisotopic (exact) mass is 504 g/mol. The number of aryl methyl sites for hydroxylation is 1. The van der Waals surface area contributed by atoms with Gasteiger partial charge in [-0.2, -0.15) is 0 Å². The van der Waals surface area contributed by atoms with Gasteiger partial charge >= 0.3 is 0 Å². The maximum atomic E-state index is 13.6. The fraction of sp³-hybridized carbons (Fsp3) is 0.571. The van der Waals surface area contributed by atoms with Gasteiger partial charge < -0.3 is 5.11 Å². The Balaban J connectivity index is 2.48. The molecular weight excluding hydrogens is 452 g/mol. The van der Waals surface area contributed by atoms with Crippen molar-refractivity contribution in [1.29, 1.82) is 0 Å². The Bertz CT molecular complexity index is 984. The maximum Gasteiger partial charge on any atom is 0.227 e. The number of unbranched alkanes of at least 4 members (excludes halogenated alkanes) is 3. The molecule has 1 N–H and O–H groups in total. The number of hydrogen-bond acceptors (Lipinski definition) is 2. The molecule has 37 heavy (non-hydrogen) atoms. The minimum Gasteiger partial charge on any atom is -0.504 e. The number of aliphatic hydroxyl groups excluding tert-OH is 1. The average molecular weight is 505 g/mol. The summed E-state index contributed by atoms with van der Waals surface area (Å²) >= 11 is 0. The predicted molar refractivity (Wildman–Crippen MR) is 161 cm³/mol. The van der Waals surface area contributed by atoms with Gasteiger partial charge in [0.25, 0.3) is 0 Å². The smallest absolute Gasteiger partial charge is 0.227 e. The van der Waals surface area contributed by atoms with Crippen LogP contribution >= 0.6 is 0 Å². The number of hydrogen-bond donors (Lipinski definition) is 1. The van der Waals surface area contributed by atoms with Crippen LogP contribution in [0.2, 0.25) is 0 Å². The lowest BCUT2D eigenvalue weighted by atomic mass is 9.86. The Kier molecular flexibility index (Phi) is 13.2. The minimum atomic E-state index is -0.275. The van der Waals surface area contributed by atoms with Gasteiger partial charge in [-0.25, -0.2) is 0 Å². The van der Waals surface area contributed by atoms with Crippen molar-refractivity contribution in [2.75, 3.05) is 0 Å². The van der Waals surface area contributed by atoms with Crippen molar-refractivity contribution in [3.63, 3.8) is 0 Å². The van der Waals surface area contributed by atoms with Crippen molar-refractivity contribution >= 4 is 11.9 Å². The van der Waals surface area contributed by atoms with E-state index in [4.69, 9.17) is 0 Å². The van der Waals surface area contributed by atoms with E-state index in [2.05, 4.69) is 72.7 Å². The third-order valence-corrected chi connectivity index (χ3v) is 7.97. The van der Waals surface area contributed by atoms with Gasteiger partial charge in [0.1, 0.15) is 0 Å². The van der Waals surface area contributed by atoms with Crippen LogP contribution in [0.15, 0.2) is 42.2 Å². The number of allylic oxidation sites excluding steroid dienone is 1. The quantitative estimate of drug-likeness (QED) is 0.140. The molecule has 0 heterocycles. The van der Waals surface area contributed by atoms with Crippen molar-refractivity contribution in [3.8, 4) is 0 Å². The molecule has 0 amide bonds. The third kappa shape index (κ3) is 9.16. The lowest BCUT2D eigenvalue weighted by Gasteiger charge is -2.19. The van der Waals surface area contributed by atoms with Crippen molar-refractivity contribution in [2.45, 2.75) is 130 Å². The highest BCUT2D eigenvalue weighted by Crippen LogP contribution is 2.31. The van der Waals surface area contributed by atoms with E-state index < -0.39 is 0 Å². The van der Waals surface area contributed by atoms with Crippen molar-refractivity contribution in [1.82, 2.24) is 0 Å². The van der Waals surface area contributed by atoms with Crippen LogP contribution < -0.4 is 0 Å². The second kappa shape index (κ2) is 15.8. The van der Waals surface area contributed by atoms with Crippen molar-refractivity contribution in [3.05, 3.63) is 75.5 Å². The Labute approximate surface area is 227 Å². The van der Waals surface area contributed by atoms with Gasteiger partial charge in [-0.1, -0.05) is 111 Å². The molecule has 2 aromatic carbocycles. The van der Waals surface area contributed by atoms with Crippen LogP contribution in [0, 0.1) is 0 Å². The molecule has 0 aliphatic carbocycles. The highest BCUT2D eigenvalue weighted by atomic mass is 16.3. The fourth-order valence-corrected chi connectivity index (χ4v) is 5.18. The minimum absolute atomic E-state index is 0.164. The number of carbonyl (C=O) groups is 1. The molecule has 0 saturated carbocycles. The number of benzene rings is 2. The first-order valence-electron chi connectivity index (χ1n) is 15.0. The zero-order valence-electron chi connectivity index (χ0n) is 24.7. The molecule has 2 aromatic rings. The van der Waals surface area contributed by atoms with E-state index in [1.807, 2.05) is 12.1 Å². The van der Waals surface area contributed by atoms with E-state index in [1.165, 1.54) is 60.8 Å². The number of ketones is 1. The summed E-state index contributed by atoms with van der Waals surface area (Å²) in [6.07, 6.45) is 13.0. The first-order chi connectivity index (χ1) is 17.7. The largest absolute Gasteiger partial charge is 0.504 e. The molecule has 0 bridgehead atoms. The Morgan fingerprint density at radius 1 is 0.757 bits per heavy atom. The number of rotatable bonds is 16. The van der Waals surface area contributed by atoms with E-state index in [0.29, 0.717) is 23.3 Å². The molecule has 0 fully saturated rings. The maximum absolute atomic E-state index is 13.6. The van der Waals surface area contributed by atoms with E-state index in [-0.39, 0.29) is 11.5 Å². The molecule has 2 nitrogen and oxygen atoms in total. The number of carbonyl (C=O) groups excluding carboxylic acids is 1. The zero-order valence-corrected chi connectivity index (χ0v) is 24.7. The standard InChI is InChI=1S/C35H52O2/c1-8-12-15-25(5)29-21-30(26(6)16-13-9-2)23-32(22-29)35(37)34(36)24-31-20-28(11-4)18-19-33(31)27(7)17-14-10-3/h18-27,36H,8-17H2,1-7H3. The molecule has 2 heteroatoms. The normalized spacial score (nSPS) is 14.4. The first-order valence-corrected chi connectivity index (χ1v) is 15.0. The van der Waals surface area contributed by atoms with Crippen LogP contribution in [-0.2, 0) is 6.42 Å².